The minimum atomic E-state index is -0.267. The van der Waals surface area contributed by atoms with Crippen molar-refractivity contribution in [2.75, 3.05) is 33.4 Å². The van der Waals surface area contributed by atoms with Gasteiger partial charge in [0.25, 0.3) is 0 Å². The van der Waals surface area contributed by atoms with Crippen LogP contribution in [0.2, 0.25) is 0 Å². The van der Waals surface area contributed by atoms with Gasteiger partial charge in [-0.15, -0.1) is 0 Å². The Bertz CT molecular complexity index is 501. The summed E-state index contributed by atoms with van der Waals surface area (Å²) in [5, 5.41) is 6.51. The van der Waals surface area contributed by atoms with Crippen molar-refractivity contribution in [2.24, 2.45) is 10.4 Å². The smallest absolute Gasteiger partial charge is 0.191 e. The first-order valence-electron chi connectivity index (χ1n) is 7.45. The van der Waals surface area contributed by atoms with Gasteiger partial charge in [0.1, 0.15) is 17.7 Å². The van der Waals surface area contributed by atoms with Crippen molar-refractivity contribution >= 4 is 5.96 Å². The fraction of sp³-hybridized carbons (Fsp3) is 0.562. The highest BCUT2D eigenvalue weighted by Crippen LogP contribution is 2.24. The van der Waals surface area contributed by atoms with E-state index in [9.17, 15) is 4.39 Å². The second-order valence-corrected chi connectivity index (χ2v) is 5.99. The van der Waals surface area contributed by atoms with Crippen molar-refractivity contribution in [1.82, 2.24) is 10.6 Å². The minimum Gasteiger partial charge on any atom is -0.489 e. The van der Waals surface area contributed by atoms with Gasteiger partial charge in [0.15, 0.2) is 5.96 Å². The van der Waals surface area contributed by atoms with E-state index in [1.54, 1.807) is 19.2 Å². The van der Waals surface area contributed by atoms with Gasteiger partial charge >= 0.3 is 0 Å². The van der Waals surface area contributed by atoms with Crippen LogP contribution in [0.3, 0.4) is 0 Å². The van der Waals surface area contributed by atoms with E-state index in [1.165, 1.54) is 12.1 Å². The van der Waals surface area contributed by atoms with Crippen molar-refractivity contribution < 1.29 is 13.9 Å². The molecule has 1 aliphatic heterocycles. The summed E-state index contributed by atoms with van der Waals surface area (Å²) < 4.78 is 23.8. The van der Waals surface area contributed by atoms with Gasteiger partial charge in [-0.05, 0) is 31.2 Å². The van der Waals surface area contributed by atoms with Crippen LogP contribution < -0.4 is 15.4 Å². The van der Waals surface area contributed by atoms with Gasteiger partial charge in [-0.25, -0.2) is 4.39 Å². The zero-order valence-electron chi connectivity index (χ0n) is 13.4. The van der Waals surface area contributed by atoms with Crippen LogP contribution in [-0.2, 0) is 4.74 Å². The van der Waals surface area contributed by atoms with Gasteiger partial charge in [0.2, 0.25) is 0 Å². The molecule has 2 rings (SSSR count). The molecule has 1 heterocycles. The van der Waals surface area contributed by atoms with E-state index in [1.807, 2.05) is 6.92 Å². The Balaban J connectivity index is 1.71. The van der Waals surface area contributed by atoms with Gasteiger partial charge in [-0.2, -0.15) is 0 Å². The van der Waals surface area contributed by atoms with Crippen molar-refractivity contribution in [2.45, 2.75) is 20.0 Å². The van der Waals surface area contributed by atoms with Gasteiger partial charge < -0.3 is 20.1 Å². The van der Waals surface area contributed by atoms with Crippen LogP contribution >= 0.6 is 0 Å². The first kappa shape index (κ1) is 16.5. The van der Waals surface area contributed by atoms with Crippen LogP contribution in [0.25, 0.3) is 0 Å². The van der Waals surface area contributed by atoms with Crippen molar-refractivity contribution in [3.8, 4) is 5.75 Å². The Morgan fingerprint density at radius 3 is 2.59 bits per heavy atom. The highest BCUT2D eigenvalue weighted by atomic mass is 19.1. The summed E-state index contributed by atoms with van der Waals surface area (Å²) in [5.74, 6) is 1.12. The van der Waals surface area contributed by atoms with Gasteiger partial charge in [-0.1, -0.05) is 6.92 Å². The number of hydrogen-bond donors (Lipinski definition) is 2. The van der Waals surface area contributed by atoms with Gasteiger partial charge in [0.05, 0.1) is 19.8 Å². The summed E-state index contributed by atoms with van der Waals surface area (Å²) in [4.78, 5) is 4.19. The highest BCUT2D eigenvalue weighted by molar-refractivity contribution is 5.79. The molecule has 1 saturated heterocycles. The molecule has 122 valence electrons. The van der Waals surface area contributed by atoms with E-state index in [2.05, 4.69) is 22.5 Å². The SMILES string of the molecule is CN=C(NCC(C)Oc1ccc(F)cc1)NCC1(C)COC1. The first-order valence-corrected chi connectivity index (χ1v) is 7.45. The van der Waals surface area contributed by atoms with Crippen molar-refractivity contribution in [1.29, 1.82) is 0 Å². The summed E-state index contributed by atoms with van der Waals surface area (Å²) >= 11 is 0. The Hall–Kier alpha value is -1.82. The van der Waals surface area contributed by atoms with Gasteiger partial charge in [0, 0.05) is 19.0 Å². The standard InChI is InChI=1S/C16H24FN3O2/c1-12(22-14-6-4-13(17)5-7-14)8-19-15(18-3)20-9-16(2)10-21-11-16/h4-7,12H,8-11H2,1-3H3,(H2,18,19,20). The monoisotopic (exact) mass is 309 g/mol. The third-order valence-corrected chi connectivity index (χ3v) is 3.52. The van der Waals surface area contributed by atoms with Crippen LogP contribution in [0.4, 0.5) is 4.39 Å². The van der Waals surface area contributed by atoms with Gasteiger partial charge in [-0.3, -0.25) is 4.99 Å². The number of hydrogen-bond acceptors (Lipinski definition) is 3. The number of ether oxygens (including phenoxy) is 2. The number of halogens is 1. The maximum Gasteiger partial charge on any atom is 0.191 e. The van der Waals surface area contributed by atoms with E-state index in [0.29, 0.717) is 12.3 Å². The number of nitrogens with one attached hydrogen (secondary N) is 2. The Morgan fingerprint density at radius 2 is 2.05 bits per heavy atom. The number of nitrogens with zero attached hydrogens (tertiary/aromatic N) is 1. The molecular weight excluding hydrogens is 285 g/mol. The summed E-state index contributed by atoms with van der Waals surface area (Å²) in [5.41, 5.74) is 0.188. The quantitative estimate of drug-likeness (QED) is 0.621. The van der Waals surface area contributed by atoms with E-state index in [4.69, 9.17) is 9.47 Å². The number of aliphatic imine (C=N–C) groups is 1. The molecule has 1 atom stereocenters. The molecule has 1 aromatic rings. The highest BCUT2D eigenvalue weighted by Gasteiger charge is 2.33. The summed E-state index contributed by atoms with van der Waals surface area (Å²) in [6.07, 6.45) is -0.0633. The maximum absolute atomic E-state index is 12.8. The van der Waals surface area contributed by atoms with E-state index in [-0.39, 0.29) is 17.3 Å². The minimum absolute atomic E-state index is 0.0633. The maximum atomic E-state index is 12.8. The lowest BCUT2D eigenvalue weighted by Gasteiger charge is -2.38. The molecule has 0 bridgehead atoms. The van der Waals surface area contributed by atoms with Crippen molar-refractivity contribution in [3.63, 3.8) is 0 Å². The number of guanidine groups is 1. The molecule has 1 aliphatic rings. The van der Waals surface area contributed by atoms with Crippen LogP contribution in [0.1, 0.15) is 13.8 Å². The van der Waals surface area contributed by atoms with E-state index < -0.39 is 0 Å². The molecule has 0 aromatic heterocycles. The Labute approximate surface area is 130 Å². The first-order chi connectivity index (χ1) is 10.5. The zero-order valence-corrected chi connectivity index (χ0v) is 13.4. The largest absolute Gasteiger partial charge is 0.489 e. The third kappa shape index (κ3) is 4.87. The van der Waals surface area contributed by atoms with Crippen LogP contribution in [0.15, 0.2) is 29.3 Å². The lowest BCUT2D eigenvalue weighted by Crippen LogP contribution is -2.51. The van der Waals surface area contributed by atoms with Crippen LogP contribution in [-0.4, -0.2) is 45.4 Å². The average Bonchev–Trinajstić information content (AvgIpc) is 2.48. The Kier molecular flexibility index (Phi) is 5.60. The summed E-state index contributed by atoms with van der Waals surface area (Å²) in [7, 11) is 1.74. The molecule has 0 amide bonds. The second kappa shape index (κ2) is 7.45. The molecule has 0 radical (unpaired) electrons. The van der Waals surface area contributed by atoms with Crippen LogP contribution in [0.5, 0.6) is 5.75 Å². The fourth-order valence-electron chi connectivity index (χ4n) is 2.10. The molecule has 1 unspecified atom stereocenters. The molecule has 6 heteroatoms. The van der Waals surface area contributed by atoms with Crippen molar-refractivity contribution in [3.05, 3.63) is 30.1 Å². The lowest BCUT2D eigenvalue weighted by atomic mass is 9.89. The van der Waals surface area contributed by atoms with E-state index in [0.717, 1.165) is 25.7 Å². The topological polar surface area (TPSA) is 54.9 Å². The molecule has 0 saturated carbocycles. The molecule has 1 aromatic carbocycles. The zero-order chi connectivity index (χ0) is 16.0. The third-order valence-electron chi connectivity index (χ3n) is 3.52. The number of rotatable bonds is 6. The lowest BCUT2D eigenvalue weighted by molar-refractivity contribution is -0.0971. The molecule has 5 nitrogen and oxygen atoms in total. The number of benzene rings is 1. The summed E-state index contributed by atoms with van der Waals surface area (Å²) in [6.45, 7) is 7.11. The Morgan fingerprint density at radius 1 is 1.36 bits per heavy atom. The van der Waals surface area contributed by atoms with Crippen LogP contribution in [0, 0.1) is 11.2 Å². The molecule has 2 N–H and O–H groups in total. The van der Waals surface area contributed by atoms with E-state index >= 15 is 0 Å². The molecule has 0 spiro atoms. The molecular formula is C16H24FN3O2. The summed E-state index contributed by atoms with van der Waals surface area (Å²) in [6, 6.07) is 6.02. The normalized spacial score (nSPS) is 18.3. The predicted octanol–water partition coefficient (Wildman–Crippen LogP) is 1.79. The second-order valence-electron chi connectivity index (χ2n) is 5.99. The molecule has 0 aliphatic carbocycles. The predicted molar refractivity (Wildman–Crippen MR) is 84.8 cm³/mol. The molecule has 1 fully saturated rings. The molecule has 22 heavy (non-hydrogen) atoms. The fourth-order valence-corrected chi connectivity index (χ4v) is 2.10. The average molecular weight is 309 g/mol.